The van der Waals surface area contributed by atoms with Crippen LogP contribution < -0.4 is 10.5 Å². The smallest absolute Gasteiger partial charge is 0.293 e. The van der Waals surface area contributed by atoms with Gasteiger partial charge in [-0.1, -0.05) is 12.1 Å². The zero-order valence-electron chi connectivity index (χ0n) is 14.0. The second-order valence-electron chi connectivity index (χ2n) is 5.59. The van der Waals surface area contributed by atoms with Crippen LogP contribution in [0.1, 0.15) is 15.9 Å². The lowest BCUT2D eigenvalue weighted by atomic mass is 10.1. The second kappa shape index (κ2) is 7.45. The number of ether oxygens (including phenoxy) is 1. The van der Waals surface area contributed by atoms with Crippen LogP contribution in [0.25, 0.3) is 6.08 Å². The fourth-order valence-electron chi connectivity index (χ4n) is 2.39. The molecule has 7 heteroatoms. The third kappa shape index (κ3) is 3.78. The largest absolute Gasteiger partial charge is 0.497 e. The number of hydrogen-bond donors (Lipinski definition) is 1. The highest BCUT2D eigenvalue weighted by molar-refractivity contribution is 8.18. The Labute approximate surface area is 154 Å². The molecular formula is C19H16N2O4S. The topological polar surface area (TPSA) is 89.7 Å². The van der Waals surface area contributed by atoms with Crippen molar-refractivity contribution in [1.29, 1.82) is 0 Å². The lowest BCUT2D eigenvalue weighted by molar-refractivity contribution is -0.122. The summed E-state index contributed by atoms with van der Waals surface area (Å²) in [4.78, 5) is 38.2. The van der Waals surface area contributed by atoms with Crippen LogP contribution in [0.5, 0.6) is 5.75 Å². The quantitative estimate of drug-likeness (QED) is 0.495. The van der Waals surface area contributed by atoms with Gasteiger partial charge in [-0.05, 0) is 59.8 Å². The van der Waals surface area contributed by atoms with Gasteiger partial charge in [-0.3, -0.25) is 19.3 Å². The fourth-order valence-corrected chi connectivity index (χ4v) is 3.23. The molecule has 3 rings (SSSR count). The Morgan fingerprint density at radius 3 is 2.38 bits per heavy atom. The van der Waals surface area contributed by atoms with E-state index in [1.807, 2.05) is 0 Å². The minimum absolute atomic E-state index is 0.283. The molecule has 1 aliphatic heterocycles. The number of carbonyl (C=O) groups is 3. The van der Waals surface area contributed by atoms with Gasteiger partial charge in [-0.2, -0.15) is 0 Å². The van der Waals surface area contributed by atoms with Crippen LogP contribution in [-0.2, 0) is 4.79 Å². The molecule has 1 fully saturated rings. The number of anilines is 1. The summed E-state index contributed by atoms with van der Waals surface area (Å²) in [7, 11) is 1.57. The van der Waals surface area contributed by atoms with Crippen molar-refractivity contribution in [3.63, 3.8) is 0 Å². The molecule has 0 spiro atoms. The summed E-state index contributed by atoms with van der Waals surface area (Å²) in [5, 5.41) is -0.460. The van der Waals surface area contributed by atoms with Crippen molar-refractivity contribution in [3.8, 4) is 5.75 Å². The van der Waals surface area contributed by atoms with Crippen molar-refractivity contribution < 1.29 is 19.1 Å². The van der Waals surface area contributed by atoms with Crippen LogP contribution in [0.15, 0.2) is 53.4 Å². The van der Waals surface area contributed by atoms with Gasteiger partial charge in [0.2, 0.25) is 0 Å². The number of amides is 2. The highest BCUT2D eigenvalue weighted by Crippen LogP contribution is 2.32. The molecular weight excluding hydrogens is 352 g/mol. The van der Waals surface area contributed by atoms with Gasteiger partial charge >= 0.3 is 0 Å². The van der Waals surface area contributed by atoms with Crippen LogP contribution in [0.4, 0.5) is 10.5 Å². The summed E-state index contributed by atoms with van der Waals surface area (Å²) in [5.74, 6) is -0.0954. The van der Waals surface area contributed by atoms with Crippen LogP contribution in [-0.4, -0.2) is 35.5 Å². The number of rotatable bonds is 5. The van der Waals surface area contributed by atoms with Crippen molar-refractivity contribution in [2.24, 2.45) is 0 Å². The number of benzene rings is 2. The van der Waals surface area contributed by atoms with Gasteiger partial charge in [0.15, 0.2) is 5.78 Å². The first kappa shape index (κ1) is 17.8. The van der Waals surface area contributed by atoms with E-state index in [1.165, 1.54) is 0 Å². The molecule has 0 aliphatic carbocycles. The van der Waals surface area contributed by atoms with Gasteiger partial charge < -0.3 is 10.5 Å². The molecule has 0 bridgehead atoms. The number of carbonyl (C=O) groups excluding carboxylic acids is 3. The standard InChI is InChI=1S/C19H16N2O4S/c1-25-15-8-2-12(3-9-15)10-17-18(23)21(19(24)26-17)11-16(22)13-4-6-14(20)7-5-13/h2-10H,11,20H2,1H3/b17-10+. The molecule has 6 nitrogen and oxygen atoms in total. The zero-order chi connectivity index (χ0) is 18.7. The van der Waals surface area contributed by atoms with Crippen LogP contribution >= 0.6 is 11.8 Å². The zero-order valence-corrected chi connectivity index (χ0v) is 14.8. The molecule has 1 saturated heterocycles. The monoisotopic (exact) mass is 368 g/mol. The summed E-state index contributed by atoms with van der Waals surface area (Å²) in [6, 6.07) is 13.4. The Morgan fingerprint density at radius 2 is 1.77 bits per heavy atom. The molecule has 0 aromatic heterocycles. The number of Topliss-reactive ketones (excluding diaryl/α,β-unsaturated/α-hetero) is 1. The number of thioether (sulfide) groups is 1. The first-order chi connectivity index (χ1) is 12.5. The Morgan fingerprint density at radius 1 is 1.12 bits per heavy atom. The number of imide groups is 1. The molecule has 26 heavy (non-hydrogen) atoms. The Bertz CT molecular complexity index is 889. The maximum atomic E-state index is 12.5. The number of nitrogens with two attached hydrogens (primary N) is 1. The molecule has 1 heterocycles. The predicted molar refractivity (Wildman–Crippen MR) is 101 cm³/mol. The lowest BCUT2D eigenvalue weighted by Crippen LogP contribution is -2.33. The van der Waals surface area contributed by atoms with Crippen molar-refractivity contribution in [3.05, 3.63) is 64.6 Å². The van der Waals surface area contributed by atoms with Crippen molar-refractivity contribution in [2.75, 3.05) is 19.4 Å². The van der Waals surface area contributed by atoms with Gasteiger partial charge in [0, 0.05) is 11.3 Å². The summed E-state index contributed by atoms with van der Waals surface area (Å²) in [6.07, 6.45) is 1.62. The Kier molecular flexibility index (Phi) is 5.09. The number of ketones is 1. The Balaban J connectivity index is 1.74. The van der Waals surface area contributed by atoms with Gasteiger partial charge in [-0.25, -0.2) is 0 Å². The van der Waals surface area contributed by atoms with Gasteiger partial charge in [-0.15, -0.1) is 0 Å². The first-order valence-corrected chi connectivity index (χ1v) is 8.58. The maximum Gasteiger partial charge on any atom is 0.293 e. The minimum atomic E-state index is -0.473. The number of hydrogen-bond acceptors (Lipinski definition) is 6. The van der Waals surface area contributed by atoms with Crippen molar-refractivity contribution in [1.82, 2.24) is 4.90 Å². The van der Waals surface area contributed by atoms with Gasteiger partial charge in [0.1, 0.15) is 5.75 Å². The highest BCUT2D eigenvalue weighted by atomic mass is 32.2. The predicted octanol–water partition coefficient (Wildman–Crippen LogP) is 3.20. The van der Waals surface area contributed by atoms with Crippen molar-refractivity contribution in [2.45, 2.75) is 0 Å². The van der Waals surface area contributed by atoms with E-state index < -0.39 is 11.1 Å². The molecule has 2 N–H and O–H groups in total. The number of nitrogens with zero attached hydrogens (tertiary/aromatic N) is 1. The molecule has 0 atom stereocenters. The molecule has 2 amide bonds. The van der Waals surface area contributed by atoms with E-state index in [1.54, 1.807) is 61.7 Å². The third-order valence-electron chi connectivity index (χ3n) is 3.82. The average Bonchev–Trinajstić information content (AvgIpc) is 2.90. The SMILES string of the molecule is COc1ccc(/C=C2/SC(=O)N(CC(=O)c3ccc(N)cc3)C2=O)cc1. The van der Waals surface area contributed by atoms with E-state index in [9.17, 15) is 14.4 Å². The Hall–Kier alpha value is -3.06. The summed E-state index contributed by atoms with van der Waals surface area (Å²) in [5.41, 5.74) is 7.30. The van der Waals surface area contributed by atoms with Crippen LogP contribution in [0, 0.1) is 0 Å². The molecule has 0 radical (unpaired) electrons. The van der Waals surface area contributed by atoms with E-state index in [2.05, 4.69) is 0 Å². The van der Waals surface area contributed by atoms with E-state index in [4.69, 9.17) is 10.5 Å². The molecule has 2 aromatic rings. The third-order valence-corrected chi connectivity index (χ3v) is 4.73. The van der Waals surface area contributed by atoms with Gasteiger partial charge in [0.05, 0.1) is 18.6 Å². The number of methoxy groups -OCH3 is 1. The highest BCUT2D eigenvalue weighted by Gasteiger charge is 2.36. The van der Waals surface area contributed by atoms with Crippen LogP contribution in [0.3, 0.4) is 0 Å². The molecule has 2 aromatic carbocycles. The van der Waals surface area contributed by atoms with Gasteiger partial charge in [0.25, 0.3) is 11.1 Å². The molecule has 0 saturated carbocycles. The van der Waals surface area contributed by atoms with Crippen LogP contribution in [0.2, 0.25) is 0 Å². The van der Waals surface area contributed by atoms with E-state index in [0.29, 0.717) is 17.0 Å². The molecule has 132 valence electrons. The molecule has 1 aliphatic rings. The summed E-state index contributed by atoms with van der Waals surface area (Å²) < 4.78 is 5.09. The van der Waals surface area contributed by atoms with E-state index in [0.717, 1.165) is 22.2 Å². The summed E-state index contributed by atoms with van der Waals surface area (Å²) >= 11 is 0.821. The fraction of sp³-hybridized carbons (Fsp3) is 0.105. The van der Waals surface area contributed by atoms with E-state index >= 15 is 0 Å². The second-order valence-corrected chi connectivity index (χ2v) is 6.58. The average molecular weight is 368 g/mol. The minimum Gasteiger partial charge on any atom is -0.497 e. The van der Waals surface area contributed by atoms with E-state index in [-0.39, 0.29) is 17.2 Å². The maximum absolute atomic E-state index is 12.5. The molecule has 0 unspecified atom stereocenters. The summed E-state index contributed by atoms with van der Waals surface area (Å²) in [6.45, 7) is -0.297. The lowest BCUT2D eigenvalue weighted by Gasteiger charge is -2.11. The first-order valence-electron chi connectivity index (χ1n) is 7.76. The normalized spacial score (nSPS) is 15.6. The number of nitrogen functional groups attached to an aromatic ring is 1. The van der Waals surface area contributed by atoms with Crippen molar-refractivity contribution >= 4 is 40.5 Å².